The molecule has 0 aromatic heterocycles. The second kappa shape index (κ2) is 8.50. The predicted octanol–water partition coefficient (Wildman–Crippen LogP) is 3.65. The van der Waals surface area contributed by atoms with Crippen molar-refractivity contribution >= 4 is 29.1 Å². The van der Waals surface area contributed by atoms with Gasteiger partial charge in [0.05, 0.1) is 16.6 Å². The molecular formula is C23H25ClN2O4. The third-order valence-corrected chi connectivity index (χ3v) is 5.70. The summed E-state index contributed by atoms with van der Waals surface area (Å²) in [4.78, 5) is 29.2. The van der Waals surface area contributed by atoms with Crippen LogP contribution in [-0.4, -0.2) is 58.9 Å². The number of carbonyl (C=O) groups is 2. The van der Waals surface area contributed by atoms with Crippen LogP contribution in [0.4, 0.5) is 0 Å². The molecule has 2 N–H and O–H groups in total. The van der Waals surface area contributed by atoms with E-state index in [1.165, 1.54) is 17.0 Å². The number of hydrogen-bond donors (Lipinski definition) is 2. The highest BCUT2D eigenvalue weighted by molar-refractivity contribution is 6.46. The minimum atomic E-state index is -0.801. The number of aryl methyl sites for hydroxylation is 2. The number of benzene rings is 2. The van der Waals surface area contributed by atoms with Crippen molar-refractivity contribution in [2.75, 3.05) is 27.2 Å². The fraction of sp³-hybridized carbons (Fsp3) is 0.304. The highest BCUT2D eigenvalue weighted by Crippen LogP contribution is 2.41. The van der Waals surface area contributed by atoms with Crippen LogP contribution in [0.25, 0.3) is 5.76 Å². The SMILES string of the molecule is Cc1ccc(/C(O)=C2/C(=O)C(=O)N(CCN(C)C)C2c2ccc(O)c(Cl)c2)cc1C. The number of halogens is 1. The third kappa shape index (κ3) is 4.06. The lowest BCUT2D eigenvalue weighted by Gasteiger charge is -2.26. The Morgan fingerprint density at radius 2 is 1.80 bits per heavy atom. The van der Waals surface area contributed by atoms with Gasteiger partial charge in [-0.1, -0.05) is 29.8 Å². The van der Waals surface area contributed by atoms with Crippen LogP contribution in [0, 0.1) is 13.8 Å². The molecule has 1 fully saturated rings. The predicted molar refractivity (Wildman–Crippen MR) is 117 cm³/mol. The third-order valence-electron chi connectivity index (χ3n) is 5.40. The van der Waals surface area contributed by atoms with Gasteiger partial charge < -0.3 is 20.0 Å². The second-order valence-electron chi connectivity index (χ2n) is 7.81. The number of phenols is 1. The van der Waals surface area contributed by atoms with Gasteiger partial charge in [0.2, 0.25) is 0 Å². The monoisotopic (exact) mass is 428 g/mol. The zero-order chi connectivity index (χ0) is 22.2. The number of nitrogens with zero attached hydrogens (tertiary/aromatic N) is 2. The van der Waals surface area contributed by atoms with E-state index >= 15 is 0 Å². The first-order chi connectivity index (χ1) is 14.1. The lowest BCUT2D eigenvalue weighted by molar-refractivity contribution is -0.140. The fourth-order valence-corrected chi connectivity index (χ4v) is 3.69. The molecule has 1 aliphatic heterocycles. The summed E-state index contributed by atoms with van der Waals surface area (Å²) >= 11 is 6.10. The van der Waals surface area contributed by atoms with Crippen LogP contribution in [0.15, 0.2) is 42.0 Å². The Hall–Kier alpha value is -2.83. The number of aliphatic hydroxyl groups is 1. The van der Waals surface area contributed by atoms with E-state index in [-0.39, 0.29) is 22.1 Å². The Morgan fingerprint density at radius 3 is 2.40 bits per heavy atom. The van der Waals surface area contributed by atoms with Crippen molar-refractivity contribution in [1.82, 2.24) is 9.80 Å². The molecule has 2 aromatic carbocycles. The van der Waals surface area contributed by atoms with Gasteiger partial charge in [-0.15, -0.1) is 0 Å². The molecule has 0 spiro atoms. The average molecular weight is 429 g/mol. The summed E-state index contributed by atoms with van der Waals surface area (Å²) < 4.78 is 0. The molecule has 1 atom stereocenters. The first-order valence-corrected chi connectivity index (χ1v) is 9.98. The van der Waals surface area contributed by atoms with Crippen molar-refractivity contribution < 1.29 is 19.8 Å². The number of likely N-dealkylation sites (N-methyl/N-ethyl adjacent to an activating group) is 1. The molecule has 1 aliphatic rings. The molecular weight excluding hydrogens is 404 g/mol. The lowest BCUT2D eigenvalue weighted by Crippen LogP contribution is -2.35. The quantitative estimate of drug-likeness (QED) is 0.431. The van der Waals surface area contributed by atoms with Gasteiger partial charge in [-0.3, -0.25) is 9.59 Å². The van der Waals surface area contributed by atoms with Gasteiger partial charge in [0.15, 0.2) is 0 Å². The van der Waals surface area contributed by atoms with Crippen LogP contribution in [0.5, 0.6) is 5.75 Å². The minimum Gasteiger partial charge on any atom is -0.507 e. The molecule has 30 heavy (non-hydrogen) atoms. The smallest absolute Gasteiger partial charge is 0.295 e. The van der Waals surface area contributed by atoms with Crippen molar-refractivity contribution in [3.63, 3.8) is 0 Å². The molecule has 3 rings (SSSR count). The highest BCUT2D eigenvalue weighted by Gasteiger charge is 2.46. The van der Waals surface area contributed by atoms with Crippen molar-refractivity contribution in [1.29, 1.82) is 0 Å². The van der Waals surface area contributed by atoms with E-state index in [2.05, 4.69) is 0 Å². The van der Waals surface area contributed by atoms with E-state index in [4.69, 9.17) is 11.6 Å². The molecule has 1 heterocycles. The number of ketones is 1. The maximum atomic E-state index is 13.0. The molecule has 158 valence electrons. The van der Waals surface area contributed by atoms with Crippen LogP contribution < -0.4 is 0 Å². The summed E-state index contributed by atoms with van der Waals surface area (Å²) in [5.41, 5.74) is 3.05. The lowest BCUT2D eigenvalue weighted by atomic mass is 9.94. The molecule has 6 nitrogen and oxygen atoms in total. The van der Waals surface area contributed by atoms with E-state index in [0.717, 1.165) is 11.1 Å². The van der Waals surface area contributed by atoms with Crippen molar-refractivity contribution in [3.8, 4) is 5.75 Å². The number of Topliss-reactive ketones (excluding diaryl/α,β-unsaturated/α-hetero) is 1. The zero-order valence-electron chi connectivity index (χ0n) is 17.4. The van der Waals surface area contributed by atoms with Crippen LogP contribution >= 0.6 is 11.6 Å². The fourth-order valence-electron chi connectivity index (χ4n) is 3.50. The standard InChI is InChI=1S/C23H25ClN2O4/c1-13-5-6-16(11-14(13)2)21(28)19-20(15-7-8-18(27)17(24)12-15)26(10-9-25(3)4)23(30)22(19)29/h5-8,11-12,20,27-28H,9-10H2,1-4H3/b21-19-. The summed E-state index contributed by atoms with van der Waals surface area (Å²) in [7, 11) is 3.75. The summed E-state index contributed by atoms with van der Waals surface area (Å²) in [6.07, 6.45) is 0. The number of phenolic OH excluding ortho intramolecular Hbond substituents is 1. The largest absolute Gasteiger partial charge is 0.507 e. The van der Waals surface area contributed by atoms with Gasteiger partial charge in [-0.25, -0.2) is 0 Å². The normalized spacial score (nSPS) is 18.5. The maximum Gasteiger partial charge on any atom is 0.295 e. The molecule has 0 bridgehead atoms. The number of rotatable bonds is 5. The van der Waals surface area contributed by atoms with Crippen molar-refractivity contribution in [3.05, 3.63) is 69.2 Å². The Morgan fingerprint density at radius 1 is 1.10 bits per heavy atom. The topological polar surface area (TPSA) is 81.1 Å². The zero-order valence-corrected chi connectivity index (χ0v) is 18.2. The number of likely N-dealkylation sites (tertiary alicyclic amines) is 1. The molecule has 1 unspecified atom stereocenters. The molecule has 1 saturated heterocycles. The van der Waals surface area contributed by atoms with Gasteiger partial charge in [0.1, 0.15) is 11.5 Å². The Labute approximate surface area is 181 Å². The van der Waals surface area contributed by atoms with Crippen LogP contribution in [0.2, 0.25) is 5.02 Å². The van der Waals surface area contributed by atoms with Gasteiger partial charge in [0, 0.05) is 18.7 Å². The molecule has 0 aliphatic carbocycles. The maximum absolute atomic E-state index is 13.0. The van der Waals surface area contributed by atoms with Crippen molar-refractivity contribution in [2.24, 2.45) is 0 Å². The molecule has 0 saturated carbocycles. The first-order valence-electron chi connectivity index (χ1n) is 9.61. The van der Waals surface area contributed by atoms with Gasteiger partial charge >= 0.3 is 0 Å². The Kier molecular flexibility index (Phi) is 6.19. The number of aromatic hydroxyl groups is 1. The van der Waals surface area contributed by atoms with Crippen molar-refractivity contribution in [2.45, 2.75) is 19.9 Å². The van der Waals surface area contributed by atoms with Gasteiger partial charge in [-0.2, -0.15) is 0 Å². The van der Waals surface area contributed by atoms with E-state index < -0.39 is 17.7 Å². The van der Waals surface area contributed by atoms with E-state index in [0.29, 0.717) is 24.2 Å². The Bertz CT molecular complexity index is 1050. The summed E-state index contributed by atoms with van der Waals surface area (Å²) in [6.45, 7) is 4.71. The van der Waals surface area contributed by atoms with Crippen LogP contribution in [0.1, 0.15) is 28.3 Å². The molecule has 0 radical (unpaired) electrons. The number of hydrogen-bond acceptors (Lipinski definition) is 5. The van der Waals surface area contributed by atoms with Crippen LogP contribution in [0.3, 0.4) is 0 Å². The number of aliphatic hydroxyl groups excluding tert-OH is 1. The van der Waals surface area contributed by atoms with E-state index in [1.807, 2.05) is 38.9 Å². The van der Waals surface area contributed by atoms with Gasteiger partial charge in [-0.05, 0) is 62.8 Å². The second-order valence-corrected chi connectivity index (χ2v) is 8.21. The van der Waals surface area contributed by atoms with E-state index in [9.17, 15) is 19.8 Å². The number of amides is 1. The Balaban J connectivity index is 2.19. The van der Waals surface area contributed by atoms with E-state index in [1.54, 1.807) is 18.2 Å². The highest BCUT2D eigenvalue weighted by atomic mass is 35.5. The molecule has 7 heteroatoms. The summed E-state index contributed by atoms with van der Waals surface area (Å²) in [6, 6.07) is 9.12. The minimum absolute atomic E-state index is 0.0174. The first kappa shape index (κ1) is 21.9. The summed E-state index contributed by atoms with van der Waals surface area (Å²) in [5.74, 6) is -1.73. The molecule has 2 aromatic rings. The van der Waals surface area contributed by atoms with Gasteiger partial charge in [0.25, 0.3) is 11.7 Å². The average Bonchev–Trinajstić information content (AvgIpc) is 2.94. The number of carbonyl (C=O) groups excluding carboxylic acids is 2. The molecule has 1 amide bonds. The summed E-state index contributed by atoms with van der Waals surface area (Å²) in [5, 5.41) is 21.0. The van der Waals surface area contributed by atoms with Crippen LogP contribution in [-0.2, 0) is 9.59 Å².